The van der Waals surface area contributed by atoms with Crippen LogP contribution in [0.4, 0.5) is 5.69 Å². The molecule has 0 aromatic heterocycles. The lowest BCUT2D eigenvalue weighted by Crippen LogP contribution is -2.35. The lowest BCUT2D eigenvalue weighted by Gasteiger charge is -2.14. The third-order valence-corrected chi connectivity index (χ3v) is 4.09. The number of nitrogens with zero attached hydrogens (tertiary/aromatic N) is 1. The van der Waals surface area contributed by atoms with E-state index >= 15 is 0 Å². The average Bonchev–Trinajstić information content (AvgIpc) is 2.91. The van der Waals surface area contributed by atoms with Crippen molar-refractivity contribution in [1.29, 1.82) is 0 Å². The first-order valence-electron chi connectivity index (χ1n) is 8.36. The van der Waals surface area contributed by atoms with Crippen LogP contribution in [0.5, 0.6) is 11.5 Å². The molecule has 2 aromatic carbocycles. The molecule has 1 saturated heterocycles. The zero-order chi connectivity index (χ0) is 19.6. The maximum Gasteiger partial charge on any atom is 0.282 e. The summed E-state index contributed by atoms with van der Waals surface area (Å²) in [5.41, 5.74) is 3.76. The van der Waals surface area contributed by atoms with E-state index < -0.39 is 11.8 Å². The highest BCUT2D eigenvalue weighted by Crippen LogP contribution is 2.30. The molecule has 7 heteroatoms. The summed E-state index contributed by atoms with van der Waals surface area (Å²) in [6.07, 6.45) is 1.52. The SMILES string of the molecule is COc1cc(/C=C2\C(=O)NN(c3ccc(Cl)cc3)C2=O)ccc1OC(C)C. The van der Waals surface area contributed by atoms with Crippen molar-refractivity contribution in [1.82, 2.24) is 5.43 Å². The summed E-state index contributed by atoms with van der Waals surface area (Å²) >= 11 is 5.87. The van der Waals surface area contributed by atoms with Gasteiger partial charge in [-0.2, -0.15) is 0 Å². The molecule has 1 aliphatic heterocycles. The summed E-state index contributed by atoms with van der Waals surface area (Å²) in [7, 11) is 1.54. The summed E-state index contributed by atoms with van der Waals surface area (Å²) in [6.45, 7) is 3.84. The highest BCUT2D eigenvalue weighted by molar-refractivity contribution is 6.32. The summed E-state index contributed by atoms with van der Waals surface area (Å²) in [6, 6.07) is 11.8. The molecule has 0 saturated carbocycles. The Kier molecular flexibility index (Phi) is 5.37. The van der Waals surface area contributed by atoms with Gasteiger partial charge in [-0.3, -0.25) is 15.0 Å². The van der Waals surface area contributed by atoms with Gasteiger partial charge in [0.05, 0.1) is 18.9 Å². The van der Waals surface area contributed by atoms with E-state index in [9.17, 15) is 9.59 Å². The highest BCUT2D eigenvalue weighted by atomic mass is 35.5. The van der Waals surface area contributed by atoms with Crippen molar-refractivity contribution >= 4 is 35.2 Å². The Balaban J connectivity index is 1.89. The molecule has 1 heterocycles. The molecule has 2 aromatic rings. The highest BCUT2D eigenvalue weighted by Gasteiger charge is 2.34. The average molecular weight is 387 g/mol. The van der Waals surface area contributed by atoms with Gasteiger partial charge in [0, 0.05) is 5.02 Å². The molecule has 3 rings (SSSR count). The van der Waals surface area contributed by atoms with E-state index in [4.69, 9.17) is 21.1 Å². The first-order valence-corrected chi connectivity index (χ1v) is 8.74. The minimum Gasteiger partial charge on any atom is -0.493 e. The zero-order valence-corrected chi connectivity index (χ0v) is 15.9. The molecule has 1 aliphatic rings. The fourth-order valence-corrected chi connectivity index (χ4v) is 2.75. The Labute approximate surface area is 162 Å². The molecule has 0 unspecified atom stereocenters. The molecular formula is C20H19ClN2O4. The maximum atomic E-state index is 12.7. The number of benzene rings is 2. The molecule has 0 atom stereocenters. The lowest BCUT2D eigenvalue weighted by atomic mass is 10.1. The van der Waals surface area contributed by atoms with Gasteiger partial charge in [-0.05, 0) is 61.9 Å². The molecule has 0 radical (unpaired) electrons. The first-order chi connectivity index (χ1) is 12.9. The summed E-state index contributed by atoms with van der Waals surface area (Å²) < 4.78 is 11.0. The minimum atomic E-state index is -0.476. The van der Waals surface area contributed by atoms with Crippen LogP contribution in [0.1, 0.15) is 19.4 Å². The standard InChI is InChI=1S/C20H19ClN2O4/c1-12(2)27-17-9-4-13(11-18(17)26-3)10-16-19(24)22-23(20(16)25)15-7-5-14(21)6-8-15/h4-12H,1-3H3,(H,22,24)/b16-10+. The molecule has 0 spiro atoms. The third kappa shape index (κ3) is 4.06. The Morgan fingerprint density at radius 3 is 2.41 bits per heavy atom. The number of methoxy groups -OCH3 is 1. The summed E-state index contributed by atoms with van der Waals surface area (Å²) in [4.78, 5) is 24.9. The van der Waals surface area contributed by atoms with E-state index in [0.29, 0.717) is 27.8 Å². The van der Waals surface area contributed by atoms with Crippen LogP contribution in [0.25, 0.3) is 6.08 Å². The third-order valence-electron chi connectivity index (χ3n) is 3.84. The number of nitrogens with one attached hydrogen (secondary N) is 1. The zero-order valence-electron chi connectivity index (χ0n) is 15.2. The number of hydrazine groups is 1. The predicted octanol–water partition coefficient (Wildman–Crippen LogP) is 3.60. The van der Waals surface area contributed by atoms with Crippen LogP contribution in [0, 0.1) is 0 Å². The van der Waals surface area contributed by atoms with Crippen LogP contribution in [0.2, 0.25) is 5.02 Å². The predicted molar refractivity (Wildman–Crippen MR) is 104 cm³/mol. The largest absolute Gasteiger partial charge is 0.493 e. The summed E-state index contributed by atoms with van der Waals surface area (Å²) in [5, 5.41) is 1.74. The van der Waals surface area contributed by atoms with Gasteiger partial charge in [0.2, 0.25) is 0 Å². The van der Waals surface area contributed by atoms with Crippen LogP contribution in [0.3, 0.4) is 0 Å². The van der Waals surface area contributed by atoms with Crippen LogP contribution in [0.15, 0.2) is 48.0 Å². The first kappa shape index (κ1) is 18.8. The molecule has 140 valence electrons. The molecule has 1 N–H and O–H groups in total. The van der Waals surface area contributed by atoms with Crippen LogP contribution in [-0.2, 0) is 9.59 Å². The van der Waals surface area contributed by atoms with Crippen LogP contribution in [-0.4, -0.2) is 25.0 Å². The molecule has 27 heavy (non-hydrogen) atoms. The van der Waals surface area contributed by atoms with Crippen molar-refractivity contribution < 1.29 is 19.1 Å². The molecule has 0 bridgehead atoms. The van der Waals surface area contributed by atoms with Gasteiger partial charge in [-0.1, -0.05) is 17.7 Å². The monoisotopic (exact) mass is 386 g/mol. The van der Waals surface area contributed by atoms with Gasteiger partial charge >= 0.3 is 0 Å². The number of hydrogen-bond acceptors (Lipinski definition) is 4. The van der Waals surface area contributed by atoms with E-state index in [-0.39, 0.29) is 11.7 Å². The molecule has 2 amide bonds. The van der Waals surface area contributed by atoms with E-state index in [1.165, 1.54) is 18.2 Å². The molecular weight excluding hydrogens is 368 g/mol. The number of halogens is 1. The van der Waals surface area contributed by atoms with Gasteiger partial charge in [-0.15, -0.1) is 0 Å². The van der Waals surface area contributed by atoms with E-state index in [2.05, 4.69) is 5.43 Å². The second-order valence-corrected chi connectivity index (χ2v) is 6.63. The molecule has 6 nitrogen and oxygen atoms in total. The van der Waals surface area contributed by atoms with E-state index in [0.717, 1.165) is 0 Å². The number of anilines is 1. The van der Waals surface area contributed by atoms with Gasteiger partial charge < -0.3 is 9.47 Å². The van der Waals surface area contributed by atoms with Gasteiger partial charge in [0.1, 0.15) is 5.57 Å². The Bertz CT molecular complexity index is 907. The maximum absolute atomic E-state index is 12.7. The number of rotatable bonds is 5. The van der Waals surface area contributed by atoms with Gasteiger partial charge in [0.25, 0.3) is 11.8 Å². The fourth-order valence-electron chi connectivity index (χ4n) is 2.62. The number of carbonyl (C=O) groups excluding carboxylic acids is 2. The fraction of sp³-hybridized carbons (Fsp3) is 0.200. The van der Waals surface area contributed by atoms with Crippen LogP contribution >= 0.6 is 11.6 Å². The Morgan fingerprint density at radius 2 is 1.78 bits per heavy atom. The number of amides is 2. The van der Waals surface area contributed by atoms with Crippen molar-refractivity contribution in [3.8, 4) is 11.5 Å². The number of hydrogen-bond donors (Lipinski definition) is 1. The quantitative estimate of drug-likeness (QED) is 0.629. The molecule has 1 fully saturated rings. The smallest absolute Gasteiger partial charge is 0.282 e. The minimum absolute atomic E-state index is 0.00164. The normalized spacial score (nSPS) is 15.4. The number of carbonyl (C=O) groups is 2. The van der Waals surface area contributed by atoms with Crippen molar-refractivity contribution in [2.24, 2.45) is 0 Å². The Morgan fingerprint density at radius 1 is 1.07 bits per heavy atom. The lowest BCUT2D eigenvalue weighted by molar-refractivity contribution is -0.117. The van der Waals surface area contributed by atoms with E-state index in [1.54, 1.807) is 42.5 Å². The topological polar surface area (TPSA) is 67.9 Å². The molecule has 0 aliphatic carbocycles. The second kappa shape index (κ2) is 7.72. The van der Waals surface area contributed by atoms with E-state index in [1.807, 2.05) is 13.8 Å². The van der Waals surface area contributed by atoms with Gasteiger partial charge in [-0.25, -0.2) is 5.01 Å². The van der Waals surface area contributed by atoms with Crippen molar-refractivity contribution in [2.45, 2.75) is 20.0 Å². The second-order valence-electron chi connectivity index (χ2n) is 6.19. The van der Waals surface area contributed by atoms with Crippen LogP contribution < -0.4 is 19.9 Å². The van der Waals surface area contributed by atoms with Crippen molar-refractivity contribution in [3.05, 3.63) is 58.6 Å². The number of ether oxygens (including phenoxy) is 2. The Hall–Kier alpha value is -2.99. The summed E-state index contributed by atoms with van der Waals surface area (Å²) in [5.74, 6) is 0.207. The van der Waals surface area contributed by atoms with Gasteiger partial charge in [0.15, 0.2) is 11.5 Å². The van der Waals surface area contributed by atoms with Crippen molar-refractivity contribution in [3.63, 3.8) is 0 Å². The van der Waals surface area contributed by atoms with Crippen molar-refractivity contribution in [2.75, 3.05) is 12.1 Å².